The third kappa shape index (κ3) is 1.82. The standard InChI is InChI=1S/C8H9N3.2ClH/c9-7-2-1-6-5(7)3-4-11-8(6)10;;/h1-4,11H,9-10H2;2*1H. The van der Waals surface area contributed by atoms with Crippen LogP contribution < -0.4 is 11.5 Å². The molecule has 2 aliphatic rings. The molecule has 0 amide bonds. The van der Waals surface area contributed by atoms with Gasteiger partial charge in [-0.05, 0) is 18.2 Å². The lowest BCUT2D eigenvalue weighted by molar-refractivity contribution is 1.34. The first-order valence-electron chi connectivity index (χ1n) is 3.40. The second-order valence-corrected chi connectivity index (χ2v) is 2.51. The van der Waals surface area contributed by atoms with Crippen molar-refractivity contribution in [3.05, 3.63) is 24.4 Å². The van der Waals surface area contributed by atoms with E-state index in [1.54, 1.807) is 6.20 Å². The lowest BCUT2D eigenvalue weighted by Gasteiger charge is -2.02. The number of H-pyrrole nitrogens is 1. The number of aromatic nitrogens is 1. The number of hydrogen-bond acceptors (Lipinski definition) is 2. The second kappa shape index (κ2) is 4.25. The number of hydrogen-bond donors (Lipinski definition) is 3. The van der Waals surface area contributed by atoms with E-state index in [4.69, 9.17) is 11.5 Å². The van der Waals surface area contributed by atoms with Crippen molar-refractivity contribution < 1.29 is 0 Å². The molecule has 3 nitrogen and oxygen atoms in total. The van der Waals surface area contributed by atoms with E-state index >= 15 is 0 Å². The minimum Gasteiger partial charge on any atom is -0.398 e. The molecule has 5 N–H and O–H groups in total. The van der Waals surface area contributed by atoms with Crippen LogP contribution in [0.3, 0.4) is 0 Å². The van der Waals surface area contributed by atoms with Gasteiger partial charge in [-0.15, -0.1) is 24.8 Å². The highest BCUT2D eigenvalue weighted by atomic mass is 35.5. The van der Waals surface area contributed by atoms with Gasteiger partial charge in [0.2, 0.25) is 0 Å². The Hall–Kier alpha value is -1.06. The summed E-state index contributed by atoms with van der Waals surface area (Å²) in [6.07, 6.45) is 1.79. The van der Waals surface area contributed by atoms with E-state index in [-0.39, 0.29) is 24.8 Å². The summed E-state index contributed by atoms with van der Waals surface area (Å²) in [6.45, 7) is 0. The van der Waals surface area contributed by atoms with E-state index in [0.717, 1.165) is 16.8 Å². The first kappa shape index (κ1) is 11.9. The van der Waals surface area contributed by atoms with Crippen LogP contribution in [0, 0.1) is 0 Å². The monoisotopic (exact) mass is 219 g/mol. The highest BCUT2D eigenvalue weighted by molar-refractivity contribution is 5.86. The van der Waals surface area contributed by atoms with Gasteiger partial charge in [-0.2, -0.15) is 0 Å². The molecule has 1 aliphatic carbocycles. The van der Waals surface area contributed by atoms with Crippen LogP contribution in [0.4, 0.5) is 11.5 Å². The molecule has 0 saturated heterocycles. The first-order valence-corrected chi connectivity index (χ1v) is 3.40. The van der Waals surface area contributed by atoms with E-state index in [1.807, 2.05) is 18.2 Å². The van der Waals surface area contributed by atoms with Gasteiger partial charge in [0.1, 0.15) is 5.82 Å². The molecule has 72 valence electrons. The van der Waals surface area contributed by atoms with Crippen molar-refractivity contribution in [3.63, 3.8) is 0 Å². The van der Waals surface area contributed by atoms with E-state index in [2.05, 4.69) is 4.98 Å². The normalized spacial score (nSPS) is 8.92. The van der Waals surface area contributed by atoms with Crippen LogP contribution in [0.5, 0.6) is 0 Å². The maximum Gasteiger partial charge on any atom is 0.108 e. The molecule has 0 unspecified atom stereocenters. The van der Waals surface area contributed by atoms with Crippen LogP contribution in [0.1, 0.15) is 0 Å². The second-order valence-electron chi connectivity index (χ2n) is 2.51. The van der Waals surface area contributed by atoms with Crippen molar-refractivity contribution in [1.29, 1.82) is 0 Å². The number of nitrogens with two attached hydrogens (primary N) is 2. The molecule has 5 heteroatoms. The molecule has 0 aromatic carbocycles. The lowest BCUT2D eigenvalue weighted by Crippen LogP contribution is -1.93. The molecule has 0 aromatic heterocycles. The minimum atomic E-state index is 0. The van der Waals surface area contributed by atoms with E-state index in [1.165, 1.54) is 0 Å². The number of aromatic amines is 1. The number of anilines is 2. The molecule has 13 heavy (non-hydrogen) atoms. The Kier molecular flexibility index (Phi) is 3.91. The van der Waals surface area contributed by atoms with Crippen molar-refractivity contribution in [3.8, 4) is 11.1 Å². The molecule has 0 radical (unpaired) electrons. The summed E-state index contributed by atoms with van der Waals surface area (Å²) >= 11 is 0. The van der Waals surface area contributed by atoms with Crippen LogP contribution >= 0.6 is 24.8 Å². The van der Waals surface area contributed by atoms with Gasteiger partial charge in [0, 0.05) is 23.0 Å². The largest absolute Gasteiger partial charge is 0.398 e. The van der Waals surface area contributed by atoms with Gasteiger partial charge in [-0.25, -0.2) is 0 Å². The minimum absolute atomic E-state index is 0. The van der Waals surface area contributed by atoms with Crippen molar-refractivity contribution >= 4 is 36.3 Å². The maximum atomic E-state index is 5.68. The summed E-state index contributed by atoms with van der Waals surface area (Å²) in [5, 5.41) is 0. The van der Waals surface area contributed by atoms with Gasteiger partial charge in [0.15, 0.2) is 0 Å². The zero-order valence-corrected chi connectivity index (χ0v) is 8.41. The third-order valence-electron chi connectivity index (χ3n) is 1.81. The Bertz CT molecular complexity index is 359. The molecule has 0 spiro atoms. The van der Waals surface area contributed by atoms with Crippen LogP contribution in [-0.2, 0) is 0 Å². The Morgan fingerprint density at radius 1 is 0.923 bits per heavy atom. The highest BCUT2D eigenvalue weighted by Gasteiger charge is 2.08. The van der Waals surface area contributed by atoms with Crippen molar-refractivity contribution in [2.75, 3.05) is 11.5 Å². The van der Waals surface area contributed by atoms with Crippen molar-refractivity contribution in [2.45, 2.75) is 0 Å². The van der Waals surface area contributed by atoms with Gasteiger partial charge < -0.3 is 16.5 Å². The first-order chi connectivity index (χ1) is 5.29. The predicted molar refractivity (Wildman–Crippen MR) is 60.7 cm³/mol. The van der Waals surface area contributed by atoms with Gasteiger partial charge in [0.25, 0.3) is 0 Å². The summed E-state index contributed by atoms with van der Waals surface area (Å²) in [5.41, 5.74) is 14.1. The number of nitrogen functional groups attached to an aromatic ring is 2. The predicted octanol–water partition coefficient (Wildman–Crippen LogP) is 2.13. The summed E-state index contributed by atoms with van der Waals surface area (Å²) < 4.78 is 0. The fourth-order valence-corrected chi connectivity index (χ4v) is 1.22. The summed E-state index contributed by atoms with van der Waals surface area (Å²) in [7, 11) is 0. The summed E-state index contributed by atoms with van der Waals surface area (Å²) in [4.78, 5) is 2.91. The summed E-state index contributed by atoms with van der Waals surface area (Å²) in [6, 6.07) is 5.69. The highest BCUT2D eigenvalue weighted by Crippen LogP contribution is 2.32. The molecule has 0 saturated carbocycles. The number of fused-ring (bicyclic) bond motifs is 1. The Morgan fingerprint density at radius 3 is 2.23 bits per heavy atom. The zero-order valence-electron chi connectivity index (χ0n) is 6.78. The van der Waals surface area contributed by atoms with Gasteiger partial charge in [0.05, 0.1) is 0 Å². The smallest absolute Gasteiger partial charge is 0.108 e. The van der Waals surface area contributed by atoms with Gasteiger partial charge >= 0.3 is 0 Å². The molecular weight excluding hydrogens is 209 g/mol. The lowest BCUT2D eigenvalue weighted by atomic mass is 10.1. The van der Waals surface area contributed by atoms with Crippen molar-refractivity contribution in [1.82, 2.24) is 4.98 Å². The van der Waals surface area contributed by atoms with Crippen LogP contribution in [0.15, 0.2) is 24.4 Å². The number of rotatable bonds is 0. The molecule has 1 heterocycles. The molecule has 0 aromatic rings. The van der Waals surface area contributed by atoms with E-state index in [9.17, 15) is 0 Å². The quantitative estimate of drug-likeness (QED) is 0.636. The van der Waals surface area contributed by atoms with Crippen LogP contribution in [0.25, 0.3) is 11.1 Å². The Morgan fingerprint density at radius 2 is 1.62 bits per heavy atom. The van der Waals surface area contributed by atoms with E-state index < -0.39 is 0 Å². The summed E-state index contributed by atoms with van der Waals surface area (Å²) in [5.74, 6) is 0.666. The number of halogens is 2. The maximum absolute atomic E-state index is 5.68. The average molecular weight is 220 g/mol. The van der Waals surface area contributed by atoms with Crippen LogP contribution in [0.2, 0.25) is 0 Å². The van der Waals surface area contributed by atoms with Gasteiger partial charge in [-0.1, -0.05) is 0 Å². The number of pyridine rings is 1. The zero-order chi connectivity index (χ0) is 7.84. The Balaban J connectivity index is 0.000000720. The molecule has 2 rings (SSSR count). The fraction of sp³-hybridized carbons (Fsp3) is 0. The SMILES string of the molecule is Cl.Cl.Nc1ccc2c(N)[nH]ccc1-2. The third-order valence-corrected chi connectivity index (χ3v) is 1.81. The topological polar surface area (TPSA) is 67.8 Å². The average Bonchev–Trinajstić information content (AvgIpc) is 2.35. The van der Waals surface area contributed by atoms with Crippen molar-refractivity contribution in [2.24, 2.45) is 0 Å². The van der Waals surface area contributed by atoms with Crippen LogP contribution in [-0.4, -0.2) is 4.98 Å². The molecule has 0 atom stereocenters. The van der Waals surface area contributed by atoms with Gasteiger partial charge in [-0.3, -0.25) is 0 Å². The number of nitrogens with one attached hydrogen (secondary N) is 1. The Labute approximate surface area is 88.7 Å². The molecule has 1 aliphatic heterocycles. The molecule has 0 bridgehead atoms. The molecular formula is C8H11Cl2N3. The molecule has 0 fully saturated rings. The fourth-order valence-electron chi connectivity index (χ4n) is 1.22. The van der Waals surface area contributed by atoms with E-state index in [0.29, 0.717) is 5.82 Å².